The van der Waals surface area contributed by atoms with E-state index in [1.54, 1.807) is 30.3 Å². The Morgan fingerprint density at radius 3 is 2.59 bits per heavy atom. The number of aliphatic carboxylic acids is 1. The van der Waals surface area contributed by atoms with Gasteiger partial charge in [0, 0.05) is 31.3 Å². The van der Waals surface area contributed by atoms with Crippen molar-refractivity contribution >= 4 is 11.8 Å². The molecule has 8 nitrogen and oxygen atoms in total. The molecule has 0 atom stereocenters. The van der Waals surface area contributed by atoms with E-state index in [1.165, 1.54) is 0 Å². The molecule has 0 fully saturated rings. The number of hydrogen-bond donors (Lipinski definition) is 1. The standard InChI is InChI=1S/C19H18N4O4/c1-12(19(24)25)11-17-21-18(22-27-17)13-7-9-14(10-8-13)26-16-6-4-5-15(20-16)23(2)3/h4-10H,1,11H2,2-3H3,(H,24,25). The molecule has 0 spiro atoms. The van der Waals surface area contributed by atoms with Gasteiger partial charge >= 0.3 is 5.97 Å². The van der Waals surface area contributed by atoms with Crippen LogP contribution in [0.1, 0.15) is 5.89 Å². The smallest absolute Gasteiger partial charge is 0.331 e. The van der Waals surface area contributed by atoms with Gasteiger partial charge in [0.15, 0.2) is 0 Å². The van der Waals surface area contributed by atoms with Gasteiger partial charge in [0.1, 0.15) is 11.6 Å². The van der Waals surface area contributed by atoms with E-state index >= 15 is 0 Å². The lowest BCUT2D eigenvalue weighted by Gasteiger charge is -2.12. The summed E-state index contributed by atoms with van der Waals surface area (Å²) < 4.78 is 10.8. The van der Waals surface area contributed by atoms with Crippen molar-refractivity contribution in [2.45, 2.75) is 6.42 Å². The quantitative estimate of drug-likeness (QED) is 0.636. The van der Waals surface area contributed by atoms with Crippen molar-refractivity contribution < 1.29 is 19.2 Å². The molecular formula is C19H18N4O4. The molecule has 3 aromatic rings. The molecule has 2 aromatic heterocycles. The van der Waals surface area contributed by atoms with Crippen LogP contribution in [-0.4, -0.2) is 40.3 Å². The summed E-state index contributed by atoms with van der Waals surface area (Å²) in [5, 5.41) is 12.7. The number of rotatable bonds is 7. The van der Waals surface area contributed by atoms with Crippen molar-refractivity contribution in [2.24, 2.45) is 0 Å². The zero-order chi connectivity index (χ0) is 19.4. The number of carboxylic acids is 1. The van der Waals surface area contributed by atoms with Gasteiger partial charge in [-0.05, 0) is 30.3 Å². The number of hydrogen-bond acceptors (Lipinski definition) is 7. The van der Waals surface area contributed by atoms with Crippen LogP contribution in [0.2, 0.25) is 0 Å². The first-order valence-electron chi connectivity index (χ1n) is 8.08. The van der Waals surface area contributed by atoms with Crippen molar-refractivity contribution in [3.63, 3.8) is 0 Å². The van der Waals surface area contributed by atoms with Crippen molar-refractivity contribution in [1.82, 2.24) is 15.1 Å². The van der Waals surface area contributed by atoms with E-state index in [0.29, 0.717) is 23.0 Å². The molecule has 0 saturated carbocycles. The number of nitrogens with zero attached hydrogens (tertiary/aromatic N) is 4. The number of anilines is 1. The summed E-state index contributed by atoms with van der Waals surface area (Å²) in [5.74, 6) is 1.37. The molecule has 0 bridgehead atoms. The summed E-state index contributed by atoms with van der Waals surface area (Å²) in [5.41, 5.74) is 0.703. The maximum Gasteiger partial charge on any atom is 0.331 e. The van der Waals surface area contributed by atoms with Crippen LogP contribution in [0.25, 0.3) is 11.4 Å². The molecule has 0 aliphatic rings. The first-order chi connectivity index (χ1) is 12.9. The molecule has 8 heteroatoms. The maximum atomic E-state index is 10.8. The van der Waals surface area contributed by atoms with Gasteiger partial charge < -0.3 is 19.3 Å². The molecule has 3 rings (SSSR count). The van der Waals surface area contributed by atoms with Crippen LogP contribution >= 0.6 is 0 Å². The fourth-order valence-electron chi connectivity index (χ4n) is 2.20. The van der Waals surface area contributed by atoms with Crippen molar-refractivity contribution in [3.05, 3.63) is 60.5 Å². The molecule has 0 saturated heterocycles. The van der Waals surface area contributed by atoms with Crippen LogP contribution in [0.4, 0.5) is 5.82 Å². The van der Waals surface area contributed by atoms with Crippen molar-refractivity contribution in [3.8, 4) is 23.0 Å². The average Bonchev–Trinajstić information content (AvgIpc) is 3.11. The molecule has 0 amide bonds. The molecule has 0 aliphatic heterocycles. The number of carboxylic acid groups (broad SMARTS) is 1. The second-order valence-corrected chi connectivity index (χ2v) is 5.95. The van der Waals surface area contributed by atoms with E-state index in [0.717, 1.165) is 5.82 Å². The third kappa shape index (κ3) is 4.49. The Morgan fingerprint density at radius 1 is 1.19 bits per heavy atom. The molecular weight excluding hydrogens is 348 g/mol. The molecule has 1 aromatic carbocycles. The molecule has 27 heavy (non-hydrogen) atoms. The molecule has 138 valence electrons. The Morgan fingerprint density at radius 2 is 1.93 bits per heavy atom. The minimum absolute atomic E-state index is 0.00257. The molecule has 0 aliphatic carbocycles. The van der Waals surface area contributed by atoms with Gasteiger partial charge in [-0.1, -0.05) is 17.8 Å². The molecule has 0 radical (unpaired) electrons. The first-order valence-corrected chi connectivity index (χ1v) is 8.08. The topological polar surface area (TPSA) is 102 Å². The Balaban J connectivity index is 1.70. The highest BCUT2D eigenvalue weighted by atomic mass is 16.5. The lowest BCUT2D eigenvalue weighted by molar-refractivity contribution is -0.132. The van der Waals surface area contributed by atoms with E-state index in [-0.39, 0.29) is 17.9 Å². The van der Waals surface area contributed by atoms with Gasteiger partial charge in [-0.25, -0.2) is 4.79 Å². The molecule has 0 unspecified atom stereocenters. The van der Waals surface area contributed by atoms with Crippen LogP contribution in [0, 0.1) is 0 Å². The average molecular weight is 366 g/mol. The first kappa shape index (κ1) is 18.1. The highest BCUT2D eigenvalue weighted by molar-refractivity contribution is 5.86. The fraction of sp³-hybridized carbons (Fsp3) is 0.158. The summed E-state index contributed by atoms with van der Waals surface area (Å²) in [6.07, 6.45) is -0.00257. The highest BCUT2D eigenvalue weighted by Gasteiger charge is 2.13. The summed E-state index contributed by atoms with van der Waals surface area (Å²) in [7, 11) is 3.82. The van der Waals surface area contributed by atoms with Crippen LogP contribution < -0.4 is 9.64 Å². The lowest BCUT2D eigenvalue weighted by Crippen LogP contribution is -2.10. The molecule has 2 heterocycles. The van der Waals surface area contributed by atoms with Gasteiger partial charge in [-0.15, -0.1) is 0 Å². The number of carbonyl (C=O) groups is 1. The maximum absolute atomic E-state index is 10.8. The van der Waals surface area contributed by atoms with E-state index in [4.69, 9.17) is 14.4 Å². The third-order valence-electron chi connectivity index (χ3n) is 3.64. The number of benzene rings is 1. The van der Waals surface area contributed by atoms with Gasteiger partial charge in [0.2, 0.25) is 17.6 Å². The minimum Gasteiger partial charge on any atom is -0.478 e. The van der Waals surface area contributed by atoms with E-state index in [1.807, 2.05) is 31.1 Å². The predicted octanol–water partition coefficient (Wildman–Crippen LogP) is 3.17. The summed E-state index contributed by atoms with van der Waals surface area (Å²) in [6.45, 7) is 3.45. The Kier molecular flexibility index (Phi) is 5.16. The summed E-state index contributed by atoms with van der Waals surface area (Å²) in [4.78, 5) is 21.3. The largest absolute Gasteiger partial charge is 0.478 e. The zero-order valence-electron chi connectivity index (χ0n) is 14.9. The molecule has 1 N–H and O–H groups in total. The summed E-state index contributed by atoms with van der Waals surface area (Å²) >= 11 is 0. The lowest BCUT2D eigenvalue weighted by atomic mass is 10.2. The van der Waals surface area contributed by atoms with Gasteiger partial charge in [0.25, 0.3) is 0 Å². The van der Waals surface area contributed by atoms with Crippen LogP contribution in [0.15, 0.2) is 59.1 Å². The van der Waals surface area contributed by atoms with Crippen LogP contribution in [0.5, 0.6) is 11.6 Å². The van der Waals surface area contributed by atoms with E-state index in [2.05, 4.69) is 21.7 Å². The van der Waals surface area contributed by atoms with E-state index < -0.39 is 5.97 Å². The van der Waals surface area contributed by atoms with Crippen LogP contribution in [0.3, 0.4) is 0 Å². The summed E-state index contributed by atoms with van der Waals surface area (Å²) in [6, 6.07) is 12.6. The third-order valence-corrected chi connectivity index (χ3v) is 3.64. The highest BCUT2D eigenvalue weighted by Crippen LogP contribution is 2.25. The number of pyridine rings is 1. The Labute approximate surface area is 155 Å². The SMILES string of the molecule is C=C(Cc1nc(-c2ccc(Oc3cccc(N(C)C)n3)cc2)no1)C(=O)O. The second kappa shape index (κ2) is 7.69. The predicted molar refractivity (Wildman–Crippen MR) is 98.9 cm³/mol. The second-order valence-electron chi connectivity index (χ2n) is 5.95. The fourth-order valence-corrected chi connectivity index (χ4v) is 2.20. The van der Waals surface area contributed by atoms with Crippen LogP contribution in [-0.2, 0) is 11.2 Å². The van der Waals surface area contributed by atoms with Gasteiger partial charge in [0.05, 0.1) is 6.42 Å². The Hall–Kier alpha value is -3.68. The van der Waals surface area contributed by atoms with Crippen molar-refractivity contribution in [1.29, 1.82) is 0 Å². The van der Waals surface area contributed by atoms with Crippen molar-refractivity contribution in [2.75, 3.05) is 19.0 Å². The van der Waals surface area contributed by atoms with E-state index in [9.17, 15) is 4.79 Å². The normalized spacial score (nSPS) is 10.4. The Bertz CT molecular complexity index is 964. The van der Waals surface area contributed by atoms with Gasteiger partial charge in [-0.3, -0.25) is 0 Å². The minimum atomic E-state index is -1.09. The van der Waals surface area contributed by atoms with Gasteiger partial charge in [-0.2, -0.15) is 9.97 Å². The number of ether oxygens (including phenoxy) is 1. The monoisotopic (exact) mass is 366 g/mol. The number of aromatic nitrogens is 3. The zero-order valence-corrected chi connectivity index (χ0v) is 14.9.